The number of aromatic nitrogens is 2. The molecule has 0 unspecified atom stereocenters. The number of H-pyrrole nitrogens is 1. The van der Waals surface area contributed by atoms with Crippen LogP contribution in [-0.2, 0) is 13.0 Å². The van der Waals surface area contributed by atoms with Gasteiger partial charge in [0.15, 0.2) is 11.6 Å². The quantitative estimate of drug-likeness (QED) is 0.632. The molecule has 0 spiro atoms. The highest BCUT2D eigenvalue weighted by atomic mass is 19.2. The minimum absolute atomic E-state index is 0.128. The summed E-state index contributed by atoms with van der Waals surface area (Å²) < 4.78 is 39.1. The monoisotopic (exact) mass is 283 g/mol. The van der Waals surface area contributed by atoms with Crippen LogP contribution in [0, 0.1) is 24.4 Å². The minimum atomic E-state index is -1.17. The van der Waals surface area contributed by atoms with Gasteiger partial charge in [0, 0.05) is 23.9 Å². The third-order valence-electron chi connectivity index (χ3n) is 3.14. The molecule has 6 heteroatoms. The minimum Gasteiger partial charge on any atom is -0.313 e. The molecule has 0 aliphatic heterocycles. The summed E-state index contributed by atoms with van der Waals surface area (Å²) >= 11 is 0. The van der Waals surface area contributed by atoms with Crippen molar-refractivity contribution in [3.63, 3.8) is 0 Å². The van der Waals surface area contributed by atoms with Gasteiger partial charge in [0.25, 0.3) is 0 Å². The van der Waals surface area contributed by atoms with E-state index in [1.807, 2.05) is 6.92 Å². The number of aromatic amines is 1. The number of hydrogen-bond acceptors (Lipinski definition) is 2. The first-order valence-corrected chi connectivity index (χ1v) is 6.41. The molecule has 1 heterocycles. The molecule has 0 fully saturated rings. The lowest BCUT2D eigenvalue weighted by Crippen LogP contribution is -2.16. The summed E-state index contributed by atoms with van der Waals surface area (Å²) in [5.74, 6) is -2.93. The Bertz CT molecular complexity index is 581. The number of halogens is 3. The van der Waals surface area contributed by atoms with E-state index in [9.17, 15) is 13.2 Å². The average molecular weight is 283 g/mol. The van der Waals surface area contributed by atoms with Crippen molar-refractivity contribution < 1.29 is 13.2 Å². The fraction of sp³-hybridized carbons (Fsp3) is 0.357. The Morgan fingerprint density at radius 1 is 1.10 bits per heavy atom. The molecule has 0 amide bonds. The summed E-state index contributed by atoms with van der Waals surface area (Å²) in [5, 5.41) is 9.79. The van der Waals surface area contributed by atoms with Gasteiger partial charge < -0.3 is 5.32 Å². The molecule has 108 valence electrons. The lowest BCUT2D eigenvalue weighted by molar-refractivity contribution is 0.486. The van der Waals surface area contributed by atoms with Crippen molar-refractivity contribution in [3.8, 4) is 0 Å². The molecular weight excluding hydrogens is 267 g/mol. The molecule has 0 aliphatic rings. The van der Waals surface area contributed by atoms with Crippen LogP contribution in [0.25, 0.3) is 0 Å². The molecule has 1 aromatic heterocycles. The molecule has 0 atom stereocenters. The van der Waals surface area contributed by atoms with Gasteiger partial charge in [0.1, 0.15) is 5.82 Å². The van der Waals surface area contributed by atoms with Crippen LogP contribution in [0.5, 0.6) is 0 Å². The summed E-state index contributed by atoms with van der Waals surface area (Å²) in [7, 11) is 0. The Hall–Kier alpha value is -1.82. The zero-order valence-electron chi connectivity index (χ0n) is 11.1. The maximum Gasteiger partial charge on any atom is 0.161 e. The number of aryl methyl sites for hydroxylation is 2. The van der Waals surface area contributed by atoms with Gasteiger partial charge in [0.2, 0.25) is 0 Å². The van der Waals surface area contributed by atoms with E-state index in [2.05, 4.69) is 15.5 Å². The molecule has 0 saturated carbocycles. The second-order valence-electron chi connectivity index (χ2n) is 4.66. The van der Waals surface area contributed by atoms with Crippen molar-refractivity contribution in [2.45, 2.75) is 26.3 Å². The van der Waals surface area contributed by atoms with Crippen LogP contribution in [0.3, 0.4) is 0 Å². The molecule has 2 N–H and O–H groups in total. The van der Waals surface area contributed by atoms with Gasteiger partial charge in [0.05, 0.1) is 6.20 Å². The molecule has 3 nitrogen and oxygen atoms in total. The SMILES string of the molecule is Cc1[nH]ncc1CCCNCc1cc(F)c(F)cc1F. The molecule has 0 radical (unpaired) electrons. The number of benzene rings is 1. The Morgan fingerprint density at radius 3 is 2.55 bits per heavy atom. The zero-order chi connectivity index (χ0) is 14.5. The van der Waals surface area contributed by atoms with E-state index < -0.39 is 17.5 Å². The van der Waals surface area contributed by atoms with Crippen molar-refractivity contribution >= 4 is 0 Å². The summed E-state index contributed by atoms with van der Waals surface area (Å²) in [5.41, 5.74) is 2.31. The second-order valence-corrected chi connectivity index (χ2v) is 4.66. The lowest BCUT2D eigenvalue weighted by atomic mass is 10.1. The van der Waals surface area contributed by atoms with Crippen molar-refractivity contribution in [3.05, 3.63) is 52.6 Å². The van der Waals surface area contributed by atoms with Gasteiger partial charge in [-0.3, -0.25) is 5.10 Å². The normalized spacial score (nSPS) is 11.0. The zero-order valence-corrected chi connectivity index (χ0v) is 11.1. The fourth-order valence-corrected chi connectivity index (χ4v) is 1.95. The third kappa shape index (κ3) is 3.60. The molecule has 0 aliphatic carbocycles. The number of nitrogens with one attached hydrogen (secondary N) is 2. The smallest absolute Gasteiger partial charge is 0.161 e. The molecule has 0 bridgehead atoms. The second kappa shape index (κ2) is 6.56. The van der Waals surface area contributed by atoms with Crippen molar-refractivity contribution in [1.29, 1.82) is 0 Å². The lowest BCUT2D eigenvalue weighted by Gasteiger charge is -2.06. The summed E-state index contributed by atoms with van der Waals surface area (Å²) in [6.45, 7) is 2.78. The van der Waals surface area contributed by atoms with Gasteiger partial charge in [-0.2, -0.15) is 5.10 Å². The molecule has 1 aromatic carbocycles. The Kier molecular flexibility index (Phi) is 4.79. The highest BCUT2D eigenvalue weighted by molar-refractivity contribution is 5.20. The van der Waals surface area contributed by atoms with Crippen LogP contribution in [0.2, 0.25) is 0 Å². The summed E-state index contributed by atoms with van der Waals surface area (Å²) in [6, 6.07) is 1.46. The van der Waals surface area contributed by atoms with Gasteiger partial charge in [-0.15, -0.1) is 0 Å². The van der Waals surface area contributed by atoms with Crippen LogP contribution in [0.15, 0.2) is 18.3 Å². The third-order valence-corrected chi connectivity index (χ3v) is 3.14. The van der Waals surface area contributed by atoms with Crippen LogP contribution in [0.1, 0.15) is 23.2 Å². The van der Waals surface area contributed by atoms with E-state index in [0.717, 1.165) is 30.2 Å². The van der Waals surface area contributed by atoms with Crippen molar-refractivity contribution in [2.24, 2.45) is 0 Å². The van der Waals surface area contributed by atoms with Crippen LogP contribution in [-0.4, -0.2) is 16.7 Å². The van der Waals surface area contributed by atoms with Gasteiger partial charge in [-0.05, 0) is 37.9 Å². The predicted molar refractivity (Wildman–Crippen MR) is 69.7 cm³/mol. The van der Waals surface area contributed by atoms with E-state index in [0.29, 0.717) is 12.6 Å². The van der Waals surface area contributed by atoms with E-state index >= 15 is 0 Å². The Morgan fingerprint density at radius 2 is 1.85 bits per heavy atom. The van der Waals surface area contributed by atoms with Gasteiger partial charge in [-0.25, -0.2) is 13.2 Å². The van der Waals surface area contributed by atoms with E-state index in [-0.39, 0.29) is 12.1 Å². The molecular formula is C14H16F3N3. The Balaban J connectivity index is 1.76. The average Bonchev–Trinajstić information content (AvgIpc) is 2.80. The molecule has 2 rings (SSSR count). The standard InChI is InChI=1S/C14H16F3N3/c1-9-10(8-19-20-9)3-2-4-18-7-11-5-13(16)14(17)6-12(11)15/h5-6,8,18H,2-4,7H2,1H3,(H,19,20). The summed E-state index contributed by atoms with van der Waals surface area (Å²) in [6.07, 6.45) is 3.49. The Labute approximate surface area is 115 Å². The van der Waals surface area contributed by atoms with Crippen LogP contribution < -0.4 is 5.32 Å². The fourth-order valence-electron chi connectivity index (χ4n) is 1.95. The topological polar surface area (TPSA) is 40.7 Å². The maximum atomic E-state index is 13.4. The predicted octanol–water partition coefficient (Wildman–Crippen LogP) is 2.86. The molecule has 20 heavy (non-hydrogen) atoms. The highest BCUT2D eigenvalue weighted by Crippen LogP contribution is 2.13. The first kappa shape index (κ1) is 14.6. The highest BCUT2D eigenvalue weighted by Gasteiger charge is 2.09. The van der Waals surface area contributed by atoms with Crippen molar-refractivity contribution in [1.82, 2.24) is 15.5 Å². The largest absolute Gasteiger partial charge is 0.313 e. The van der Waals surface area contributed by atoms with Crippen molar-refractivity contribution in [2.75, 3.05) is 6.54 Å². The van der Waals surface area contributed by atoms with Gasteiger partial charge in [-0.1, -0.05) is 0 Å². The summed E-state index contributed by atoms with van der Waals surface area (Å²) in [4.78, 5) is 0. The molecule has 2 aromatic rings. The molecule has 0 saturated heterocycles. The van der Waals surface area contributed by atoms with Crippen LogP contribution in [0.4, 0.5) is 13.2 Å². The van der Waals surface area contributed by atoms with E-state index in [4.69, 9.17) is 0 Å². The maximum absolute atomic E-state index is 13.4. The van der Waals surface area contributed by atoms with Gasteiger partial charge >= 0.3 is 0 Å². The first-order valence-electron chi connectivity index (χ1n) is 6.41. The van der Waals surface area contributed by atoms with Crippen LogP contribution >= 0.6 is 0 Å². The van der Waals surface area contributed by atoms with E-state index in [1.54, 1.807) is 6.20 Å². The number of nitrogens with zero attached hydrogens (tertiary/aromatic N) is 1. The van der Waals surface area contributed by atoms with E-state index in [1.165, 1.54) is 0 Å². The number of hydrogen-bond donors (Lipinski definition) is 2. The number of rotatable bonds is 6. The first-order chi connectivity index (χ1) is 9.58.